The van der Waals surface area contributed by atoms with Crippen molar-refractivity contribution < 1.29 is 9.90 Å². The normalized spacial score (nSPS) is 11.3. The minimum Gasteiger partial charge on any atom is -0.507 e. The summed E-state index contributed by atoms with van der Waals surface area (Å²) in [6.07, 6.45) is 3.21. The fraction of sp³-hybridized carbons (Fsp3) is 0.286. The van der Waals surface area contributed by atoms with Gasteiger partial charge in [-0.25, -0.2) is 0 Å². The molecular weight excluding hydrogens is 419 g/mol. The van der Waals surface area contributed by atoms with Gasteiger partial charge in [-0.3, -0.25) is 4.79 Å². The van der Waals surface area contributed by atoms with Gasteiger partial charge in [0.05, 0.1) is 10.0 Å². The van der Waals surface area contributed by atoms with E-state index in [-0.39, 0.29) is 23.9 Å². The molecule has 2 rings (SSSR count). The second kappa shape index (κ2) is 10.8. The van der Waals surface area contributed by atoms with Crippen LogP contribution in [0.2, 0.25) is 10.0 Å². The van der Waals surface area contributed by atoms with Gasteiger partial charge in [0.25, 0.3) is 0 Å². The Morgan fingerprint density at radius 1 is 0.964 bits per heavy atom. The van der Waals surface area contributed by atoms with Crippen molar-refractivity contribution in [1.29, 1.82) is 0 Å². The van der Waals surface area contributed by atoms with Crippen molar-refractivity contribution in [2.24, 2.45) is 0 Å². The number of rotatable bonds is 7. The standard InChI is InChI=1S/C21H24Cl2N2O2.ClH/c1-24(2)12-16-10-15(11-17(21(16)27)13-25(3)4)20(26)8-6-14-5-7-18(22)19(23)9-14;/h5-11,27H,12-13H2,1-4H3;1H. The molecule has 0 aliphatic carbocycles. The molecule has 2 aromatic rings. The number of phenolic OH excluding ortho intramolecular Hbond substituents is 1. The third kappa shape index (κ3) is 6.80. The van der Waals surface area contributed by atoms with Crippen molar-refractivity contribution in [3.8, 4) is 5.75 Å². The number of phenols is 1. The van der Waals surface area contributed by atoms with Crippen LogP contribution in [0.1, 0.15) is 27.0 Å². The lowest BCUT2D eigenvalue weighted by Gasteiger charge is -2.17. The van der Waals surface area contributed by atoms with Crippen LogP contribution in [0.15, 0.2) is 36.4 Å². The average Bonchev–Trinajstić information content (AvgIpc) is 2.58. The van der Waals surface area contributed by atoms with E-state index < -0.39 is 0 Å². The number of carbonyl (C=O) groups excluding carboxylic acids is 1. The summed E-state index contributed by atoms with van der Waals surface area (Å²) in [7, 11) is 7.68. The van der Waals surface area contributed by atoms with E-state index in [0.29, 0.717) is 28.7 Å². The number of nitrogens with zero attached hydrogens (tertiary/aromatic N) is 2. The molecule has 0 heterocycles. The van der Waals surface area contributed by atoms with Crippen molar-refractivity contribution >= 4 is 47.5 Å². The third-order valence-electron chi connectivity index (χ3n) is 3.90. The molecule has 0 amide bonds. The van der Waals surface area contributed by atoms with Crippen LogP contribution in [0.25, 0.3) is 6.08 Å². The van der Waals surface area contributed by atoms with E-state index in [9.17, 15) is 9.90 Å². The predicted molar refractivity (Wildman–Crippen MR) is 120 cm³/mol. The molecule has 28 heavy (non-hydrogen) atoms. The molecule has 0 radical (unpaired) electrons. The number of aromatic hydroxyl groups is 1. The summed E-state index contributed by atoms with van der Waals surface area (Å²) in [5, 5.41) is 11.5. The highest BCUT2D eigenvalue weighted by atomic mass is 35.5. The van der Waals surface area contributed by atoms with Gasteiger partial charge < -0.3 is 14.9 Å². The van der Waals surface area contributed by atoms with Gasteiger partial charge in [0.15, 0.2) is 5.78 Å². The quantitative estimate of drug-likeness (QED) is 0.475. The molecule has 0 saturated carbocycles. The molecule has 0 aliphatic rings. The molecule has 4 nitrogen and oxygen atoms in total. The number of halogens is 3. The van der Waals surface area contributed by atoms with Crippen LogP contribution in [-0.4, -0.2) is 48.9 Å². The van der Waals surface area contributed by atoms with E-state index in [4.69, 9.17) is 23.2 Å². The predicted octanol–water partition coefficient (Wildman–Crippen LogP) is 5.14. The van der Waals surface area contributed by atoms with Gasteiger partial charge in [-0.15, -0.1) is 12.4 Å². The smallest absolute Gasteiger partial charge is 0.185 e. The SMILES string of the molecule is CN(C)Cc1cc(C(=O)C=Cc2ccc(Cl)c(Cl)c2)cc(CN(C)C)c1O.Cl. The molecule has 0 fully saturated rings. The molecule has 152 valence electrons. The lowest BCUT2D eigenvalue weighted by molar-refractivity contribution is 0.104. The van der Waals surface area contributed by atoms with E-state index in [1.807, 2.05) is 38.0 Å². The molecule has 0 unspecified atom stereocenters. The number of hydrogen-bond acceptors (Lipinski definition) is 4. The Balaban J connectivity index is 0.00000392. The van der Waals surface area contributed by atoms with E-state index in [0.717, 1.165) is 16.7 Å². The van der Waals surface area contributed by atoms with Crippen LogP contribution in [0.5, 0.6) is 5.75 Å². The van der Waals surface area contributed by atoms with Gasteiger partial charge in [0.2, 0.25) is 0 Å². The summed E-state index contributed by atoms with van der Waals surface area (Å²) < 4.78 is 0. The highest BCUT2D eigenvalue weighted by Gasteiger charge is 2.14. The summed E-state index contributed by atoms with van der Waals surface area (Å²) >= 11 is 11.9. The molecule has 2 aromatic carbocycles. The van der Waals surface area contributed by atoms with Crippen molar-refractivity contribution in [2.45, 2.75) is 13.1 Å². The Kier molecular flexibility index (Phi) is 9.48. The largest absolute Gasteiger partial charge is 0.507 e. The molecule has 1 N–H and O–H groups in total. The fourth-order valence-electron chi connectivity index (χ4n) is 2.71. The van der Waals surface area contributed by atoms with Crippen molar-refractivity contribution in [3.63, 3.8) is 0 Å². The second-order valence-corrected chi connectivity index (χ2v) is 7.80. The van der Waals surface area contributed by atoms with Crippen molar-refractivity contribution in [1.82, 2.24) is 9.80 Å². The van der Waals surface area contributed by atoms with Gasteiger partial charge in [0, 0.05) is 29.8 Å². The maximum absolute atomic E-state index is 12.7. The van der Waals surface area contributed by atoms with E-state index >= 15 is 0 Å². The van der Waals surface area contributed by atoms with Crippen LogP contribution in [-0.2, 0) is 13.1 Å². The summed E-state index contributed by atoms with van der Waals surface area (Å²) in [5.41, 5.74) is 2.78. The van der Waals surface area contributed by atoms with Crippen molar-refractivity contribution in [2.75, 3.05) is 28.2 Å². The molecule has 0 spiro atoms. The lowest BCUT2D eigenvalue weighted by atomic mass is 10.00. The van der Waals surface area contributed by atoms with Gasteiger partial charge in [-0.1, -0.05) is 35.3 Å². The van der Waals surface area contributed by atoms with Crippen LogP contribution in [0.4, 0.5) is 0 Å². The molecule has 0 atom stereocenters. The van der Waals surface area contributed by atoms with Crippen LogP contribution < -0.4 is 0 Å². The number of benzene rings is 2. The first-order valence-electron chi connectivity index (χ1n) is 8.49. The van der Waals surface area contributed by atoms with Gasteiger partial charge in [-0.05, 0) is 64.1 Å². The maximum atomic E-state index is 12.7. The monoisotopic (exact) mass is 442 g/mol. The van der Waals surface area contributed by atoms with Crippen LogP contribution in [0.3, 0.4) is 0 Å². The summed E-state index contributed by atoms with van der Waals surface area (Å²) in [6, 6.07) is 8.69. The van der Waals surface area contributed by atoms with Gasteiger partial charge >= 0.3 is 0 Å². The minimum absolute atomic E-state index is 0. The van der Waals surface area contributed by atoms with E-state index in [1.165, 1.54) is 6.08 Å². The minimum atomic E-state index is -0.138. The topological polar surface area (TPSA) is 43.8 Å². The fourth-order valence-corrected chi connectivity index (χ4v) is 3.02. The molecule has 0 bridgehead atoms. The zero-order valence-corrected chi connectivity index (χ0v) is 18.7. The number of allylic oxidation sites excluding steroid dienone is 1. The Bertz CT molecular complexity index is 834. The van der Waals surface area contributed by atoms with Gasteiger partial charge in [0.1, 0.15) is 5.75 Å². The van der Waals surface area contributed by atoms with E-state index in [1.54, 1.807) is 36.4 Å². The number of hydrogen-bond donors (Lipinski definition) is 1. The summed E-state index contributed by atoms with van der Waals surface area (Å²) in [4.78, 5) is 16.6. The Morgan fingerprint density at radius 2 is 1.50 bits per heavy atom. The third-order valence-corrected chi connectivity index (χ3v) is 4.64. The molecular formula is C21H25Cl3N2O2. The molecule has 0 aliphatic heterocycles. The molecule has 7 heteroatoms. The Morgan fingerprint density at radius 3 is 1.96 bits per heavy atom. The van der Waals surface area contributed by atoms with Crippen LogP contribution in [0, 0.1) is 0 Å². The maximum Gasteiger partial charge on any atom is 0.185 e. The number of carbonyl (C=O) groups is 1. The zero-order valence-electron chi connectivity index (χ0n) is 16.4. The highest BCUT2D eigenvalue weighted by molar-refractivity contribution is 6.42. The van der Waals surface area contributed by atoms with E-state index in [2.05, 4.69) is 0 Å². The Hall–Kier alpha value is -1.56. The average molecular weight is 444 g/mol. The highest BCUT2D eigenvalue weighted by Crippen LogP contribution is 2.27. The summed E-state index contributed by atoms with van der Waals surface area (Å²) in [6.45, 7) is 1.09. The summed E-state index contributed by atoms with van der Waals surface area (Å²) in [5.74, 6) is 0.100. The number of ketones is 1. The molecule has 0 aromatic heterocycles. The first kappa shape index (κ1) is 24.5. The van der Waals surface area contributed by atoms with Crippen LogP contribution >= 0.6 is 35.6 Å². The first-order chi connectivity index (χ1) is 12.7. The van der Waals surface area contributed by atoms with Gasteiger partial charge in [-0.2, -0.15) is 0 Å². The molecule has 0 saturated heterocycles. The lowest BCUT2D eigenvalue weighted by Crippen LogP contribution is -2.15. The Labute approximate surface area is 182 Å². The first-order valence-corrected chi connectivity index (χ1v) is 9.24. The second-order valence-electron chi connectivity index (χ2n) is 6.99. The zero-order chi connectivity index (χ0) is 20.1. The van der Waals surface area contributed by atoms with Crippen molar-refractivity contribution in [3.05, 3.63) is 68.7 Å².